The Balaban J connectivity index is 2.08. The monoisotopic (exact) mass is 270 g/mol. The molecule has 3 rings (SSSR count). The molecule has 0 amide bonds. The van der Waals surface area contributed by atoms with Crippen LogP contribution in [-0.4, -0.2) is 9.97 Å². The number of nitriles is 1. The number of rotatable bonds is 2. The minimum atomic E-state index is 0.567. The van der Waals surface area contributed by atoms with E-state index >= 15 is 0 Å². The van der Waals surface area contributed by atoms with E-state index in [4.69, 9.17) is 11.7 Å². The number of nitrogens with zero attached hydrogens (tertiary/aromatic N) is 3. The molecule has 0 aliphatic carbocycles. The second kappa shape index (κ2) is 5.32. The Morgan fingerprint density at radius 3 is 2.76 bits per heavy atom. The number of hydrogen-bond donors (Lipinski definition) is 1. The van der Waals surface area contributed by atoms with Crippen molar-refractivity contribution >= 4 is 22.4 Å². The fourth-order valence-electron chi connectivity index (χ4n) is 2.05. The van der Waals surface area contributed by atoms with Gasteiger partial charge in [0.15, 0.2) is 0 Å². The summed E-state index contributed by atoms with van der Waals surface area (Å²) in [5.41, 5.74) is 2.97. The highest BCUT2D eigenvalue weighted by atomic mass is 15.0. The SMILES string of the molecule is C#Cc1cccc(Nc2ncnc3ccc(C#N)cc23)c1. The van der Waals surface area contributed by atoms with Crippen LogP contribution in [0.4, 0.5) is 11.5 Å². The summed E-state index contributed by atoms with van der Waals surface area (Å²) in [6.45, 7) is 0. The van der Waals surface area contributed by atoms with Crippen molar-refractivity contribution in [2.45, 2.75) is 0 Å². The molecule has 0 saturated carbocycles. The minimum absolute atomic E-state index is 0.567. The summed E-state index contributed by atoms with van der Waals surface area (Å²) in [6, 6.07) is 14.9. The molecule has 1 N–H and O–H groups in total. The minimum Gasteiger partial charge on any atom is -0.340 e. The van der Waals surface area contributed by atoms with Crippen LogP contribution in [0.5, 0.6) is 0 Å². The molecule has 1 aromatic heterocycles. The standard InChI is InChI=1S/C17H10N4/c1-2-12-4-3-5-14(8-12)21-17-15-9-13(10-18)6-7-16(15)19-11-20-17/h1,3-9,11H,(H,19,20,21). The van der Waals surface area contributed by atoms with E-state index in [1.807, 2.05) is 24.3 Å². The Morgan fingerprint density at radius 1 is 1.05 bits per heavy atom. The molecule has 0 unspecified atom stereocenters. The van der Waals surface area contributed by atoms with Gasteiger partial charge in [0, 0.05) is 16.6 Å². The van der Waals surface area contributed by atoms with Gasteiger partial charge in [-0.2, -0.15) is 5.26 Å². The van der Waals surface area contributed by atoms with Gasteiger partial charge in [0.1, 0.15) is 12.1 Å². The average molecular weight is 270 g/mol. The number of fused-ring (bicyclic) bond motifs is 1. The van der Waals surface area contributed by atoms with Crippen molar-refractivity contribution in [2.24, 2.45) is 0 Å². The molecule has 0 aliphatic heterocycles. The first kappa shape index (κ1) is 12.7. The van der Waals surface area contributed by atoms with Crippen molar-refractivity contribution in [1.29, 1.82) is 5.26 Å². The van der Waals surface area contributed by atoms with Gasteiger partial charge >= 0.3 is 0 Å². The summed E-state index contributed by atoms with van der Waals surface area (Å²) >= 11 is 0. The number of terminal acetylenes is 1. The molecule has 0 spiro atoms. The molecule has 0 fully saturated rings. The zero-order chi connectivity index (χ0) is 14.7. The van der Waals surface area contributed by atoms with E-state index in [9.17, 15) is 0 Å². The molecule has 0 radical (unpaired) electrons. The summed E-state index contributed by atoms with van der Waals surface area (Å²) < 4.78 is 0. The lowest BCUT2D eigenvalue weighted by molar-refractivity contribution is 1.22. The normalized spacial score (nSPS) is 9.81. The van der Waals surface area contributed by atoms with Crippen molar-refractivity contribution in [3.8, 4) is 18.4 Å². The summed E-state index contributed by atoms with van der Waals surface area (Å²) in [5.74, 6) is 3.24. The van der Waals surface area contributed by atoms with Crippen LogP contribution >= 0.6 is 0 Å². The van der Waals surface area contributed by atoms with Crippen LogP contribution in [0, 0.1) is 23.7 Å². The first-order valence-corrected chi connectivity index (χ1v) is 6.29. The van der Waals surface area contributed by atoms with Gasteiger partial charge in [0.25, 0.3) is 0 Å². The van der Waals surface area contributed by atoms with E-state index in [0.717, 1.165) is 22.2 Å². The fourth-order valence-corrected chi connectivity index (χ4v) is 2.05. The molecule has 0 atom stereocenters. The van der Waals surface area contributed by atoms with Crippen LogP contribution in [0.15, 0.2) is 48.8 Å². The van der Waals surface area contributed by atoms with Crippen molar-refractivity contribution in [3.63, 3.8) is 0 Å². The second-order valence-corrected chi connectivity index (χ2v) is 4.42. The highest BCUT2D eigenvalue weighted by Gasteiger charge is 2.05. The van der Waals surface area contributed by atoms with Crippen LogP contribution in [0.3, 0.4) is 0 Å². The number of nitrogens with one attached hydrogen (secondary N) is 1. The van der Waals surface area contributed by atoms with Gasteiger partial charge in [-0.3, -0.25) is 0 Å². The highest BCUT2D eigenvalue weighted by molar-refractivity contribution is 5.91. The molecule has 98 valence electrons. The molecule has 1 heterocycles. The lowest BCUT2D eigenvalue weighted by atomic mass is 10.1. The van der Waals surface area contributed by atoms with E-state index in [2.05, 4.69) is 27.3 Å². The largest absolute Gasteiger partial charge is 0.340 e. The quantitative estimate of drug-likeness (QED) is 0.726. The van der Waals surface area contributed by atoms with E-state index in [-0.39, 0.29) is 0 Å². The van der Waals surface area contributed by atoms with Gasteiger partial charge in [-0.05, 0) is 36.4 Å². The highest BCUT2D eigenvalue weighted by Crippen LogP contribution is 2.24. The topological polar surface area (TPSA) is 61.6 Å². The molecule has 21 heavy (non-hydrogen) atoms. The van der Waals surface area contributed by atoms with Gasteiger partial charge in [0.2, 0.25) is 0 Å². The first-order chi connectivity index (χ1) is 10.3. The van der Waals surface area contributed by atoms with Crippen LogP contribution in [0.25, 0.3) is 10.9 Å². The van der Waals surface area contributed by atoms with E-state index in [1.165, 1.54) is 6.33 Å². The third-order valence-corrected chi connectivity index (χ3v) is 3.06. The molecule has 0 bridgehead atoms. The van der Waals surface area contributed by atoms with Crippen molar-refractivity contribution < 1.29 is 0 Å². The number of hydrogen-bond acceptors (Lipinski definition) is 4. The summed E-state index contributed by atoms with van der Waals surface area (Å²) in [4.78, 5) is 8.45. The molecule has 3 aromatic rings. The number of benzene rings is 2. The average Bonchev–Trinajstić information content (AvgIpc) is 2.55. The van der Waals surface area contributed by atoms with E-state index < -0.39 is 0 Å². The van der Waals surface area contributed by atoms with Gasteiger partial charge in [-0.25, -0.2) is 9.97 Å². The lowest BCUT2D eigenvalue weighted by Gasteiger charge is -2.08. The van der Waals surface area contributed by atoms with Crippen molar-refractivity contribution in [1.82, 2.24) is 9.97 Å². The Morgan fingerprint density at radius 2 is 1.95 bits per heavy atom. The van der Waals surface area contributed by atoms with Gasteiger partial charge in [-0.1, -0.05) is 12.0 Å². The number of aromatic nitrogens is 2. The van der Waals surface area contributed by atoms with Gasteiger partial charge < -0.3 is 5.32 Å². The summed E-state index contributed by atoms with van der Waals surface area (Å²) in [5, 5.41) is 13.0. The molecule has 4 nitrogen and oxygen atoms in total. The predicted octanol–water partition coefficient (Wildman–Crippen LogP) is 3.23. The third kappa shape index (κ3) is 2.51. The zero-order valence-electron chi connectivity index (χ0n) is 11.0. The molecular weight excluding hydrogens is 260 g/mol. The Kier molecular flexibility index (Phi) is 3.21. The van der Waals surface area contributed by atoms with Crippen LogP contribution in [0.2, 0.25) is 0 Å². The smallest absolute Gasteiger partial charge is 0.141 e. The first-order valence-electron chi connectivity index (χ1n) is 6.29. The number of anilines is 2. The molecule has 0 saturated heterocycles. The third-order valence-electron chi connectivity index (χ3n) is 3.06. The maximum atomic E-state index is 9.01. The molecule has 2 aromatic carbocycles. The van der Waals surface area contributed by atoms with Crippen LogP contribution in [0.1, 0.15) is 11.1 Å². The molecule has 0 aliphatic rings. The van der Waals surface area contributed by atoms with Crippen LogP contribution in [-0.2, 0) is 0 Å². The molecular formula is C17H10N4. The molecule has 4 heteroatoms. The van der Waals surface area contributed by atoms with E-state index in [0.29, 0.717) is 11.4 Å². The van der Waals surface area contributed by atoms with Crippen molar-refractivity contribution in [3.05, 3.63) is 59.9 Å². The van der Waals surface area contributed by atoms with Crippen molar-refractivity contribution in [2.75, 3.05) is 5.32 Å². The second-order valence-electron chi connectivity index (χ2n) is 4.42. The van der Waals surface area contributed by atoms with Gasteiger partial charge in [0.05, 0.1) is 17.1 Å². The maximum absolute atomic E-state index is 9.01. The van der Waals surface area contributed by atoms with E-state index in [1.54, 1.807) is 18.2 Å². The maximum Gasteiger partial charge on any atom is 0.141 e. The summed E-state index contributed by atoms with van der Waals surface area (Å²) in [7, 11) is 0. The summed E-state index contributed by atoms with van der Waals surface area (Å²) in [6.07, 6.45) is 6.89. The Hall–Kier alpha value is -3.37. The predicted molar refractivity (Wildman–Crippen MR) is 81.9 cm³/mol. The zero-order valence-corrected chi connectivity index (χ0v) is 11.0. The Bertz CT molecular complexity index is 901. The fraction of sp³-hybridized carbons (Fsp3) is 0. The lowest BCUT2D eigenvalue weighted by Crippen LogP contribution is -1.96. The van der Waals surface area contributed by atoms with Gasteiger partial charge in [-0.15, -0.1) is 6.42 Å². The Labute approximate surface area is 122 Å². The van der Waals surface area contributed by atoms with Crippen LogP contribution < -0.4 is 5.32 Å².